The molecule has 12 heteroatoms. The summed E-state index contributed by atoms with van der Waals surface area (Å²) in [6, 6.07) is 14.2. The second-order valence-corrected chi connectivity index (χ2v) is 11.2. The van der Waals surface area contributed by atoms with Gasteiger partial charge in [0.1, 0.15) is 10.6 Å². The van der Waals surface area contributed by atoms with Gasteiger partial charge < -0.3 is 18.9 Å². The fourth-order valence-corrected chi connectivity index (χ4v) is 5.82. The summed E-state index contributed by atoms with van der Waals surface area (Å²) >= 11 is 0. The van der Waals surface area contributed by atoms with Gasteiger partial charge in [0.25, 0.3) is 0 Å². The molecule has 1 saturated heterocycles. The van der Waals surface area contributed by atoms with Gasteiger partial charge in [-0.05, 0) is 31.3 Å². The van der Waals surface area contributed by atoms with E-state index in [2.05, 4.69) is 9.88 Å². The number of pyridine rings is 1. The molecule has 39 heavy (non-hydrogen) atoms. The molecule has 0 saturated carbocycles. The number of anilines is 2. The summed E-state index contributed by atoms with van der Waals surface area (Å²) in [5, 5.41) is 7.37. The van der Waals surface area contributed by atoms with E-state index < -0.39 is 10.0 Å². The second kappa shape index (κ2) is 10.5. The number of hydrogen-bond donors (Lipinski definition) is 1. The molecule has 2 N–H and O–H groups in total. The van der Waals surface area contributed by atoms with Crippen molar-refractivity contribution in [3.05, 3.63) is 48.5 Å². The molecule has 206 valence electrons. The number of hydrogen-bond acceptors (Lipinski definition) is 8. The van der Waals surface area contributed by atoms with Crippen molar-refractivity contribution in [1.29, 1.82) is 0 Å². The fraction of sp³-hybridized carbons (Fsp3) is 0.333. The molecule has 5 rings (SSSR count). The Morgan fingerprint density at radius 2 is 1.67 bits per heavy atom. The first-order valence-corrected chi connectivity index (χ1v) is 14.0. The molecule has 0 aliphatic carbocycles. The van der Waals surface area contributed by atoms with E-state index in [0.29, 0.717) is 18.5 Å². The van der Waals surface area contributed by atoms with Crippen LogP contribution in [0.2, 0.25) is 0 Å². The van der Waals surface area contributed by atoms with Crippen LogP contribution in [0.25, 0.3) is 21.8 Å². The SMILES string of the molecule is COc1ccc(N(C(=O)CN2CCN(C)CC2)c2cc3c(cc2S(N)(=O)=O)c2ccccc2n3C)c(OC)n1. The number of methoxy groups -OCH3 is 2. The third-order valence-electron chi connectivity index (χ3n) is 7.20. The van der Waals surface area contributed by atoms with Crippen molar-refractivity contribution in [3.63, 3.8) is 0 Å². The number of carbonyl (C=O) groups is 1. The smallest absolute Gasteiger partial charge is 0.245 e. The summed E-state index contributed by atoms with van der Waals surface area (Å²) in [5.74, 6) is 0.0595. The molecule has 11 nitrogen and oxygen atoms in total. The van der Waals surface area contributed by atoms with E-state index in [9.17, 15) is 13.2 Å². The van der Waals surface area contributed by atoms with Crippen molar-refractivity contribution in [1.82, 2.24) is 19.4 Å². The number of fused-ring (bicyclic) bond motifs is 3. The number of sulfonamides is 1. The number of nitrogens with zero attached hydrogens (tertiary/aromatic N) is 5. The molecule has 0 bridgehead atoms. The zero-order valence-electron chi connectivity index (χ0n) is 22.4. The molecule has 4 aromatic rings. The number of piperazine rings is 1. The van der Waals surface area contributed by atoms with Gasteiger partial charge in [-0.1, -0.05) is 18.2 Å². The number of ether oxygens (including phenoxy) is 2. The highest BCUT2D eigenvalue weighted by molar-refractivity contribution is 7.89. The summed E-state index contributed by atoms with van der Waals surface area (Å²) < 4.78 is 38.8. The Balaban J connectivity index is 1.75. The molecule has 3 heterocycles. The number of aryl methyl sites for hydroxylation is 1. The monoisotopic (exact) mass is 552 g/mol. The minimum absolute atomic E-state index is 0.0697. The number of nitrogens with two attached hydrogens (primary N) is 1. The summed E-state index contributed by atoms with van der Waals surface area (Å²) in [4.78, 5) is 23.9. The lowest BCUT2D eigenvalue weighted by molar-refractivity contribution is -0.119. The third-order valence-corrected chi connectivity index (χ3v) is 8.14. The summed E-state index contributed by atoms with van der Waals surface area (Å²) in [6.45, 7) is 3.13. The van der Waals surface area contributed by atoms with Gasteiger partial charge in [0.05, 0.1) is 32.0 Å². The minimum atomic E-state index is -4.25. The molecule has 1 amide bonds. The van der Waals surface area contributed by atoms with Gasteiger partial charge >= 0.3 is 0 Å². The van der Waals surface area contributed by atoms with Gasteiger partial charge in [-0.25, -0.2) is 13.6 Å². The number of likely N-dealkylation sites (N-methyl/N-ethyl adjacent to an activating group) is 1. The van der Waals surface area contributed by atoms with E-state index in [1.807, 2.05) is 47.8 Å². The molecule has 1 fully saturated rings. The highest BCUT2D eigenvalue weighted by atomic mass is 32.2. The normalized spacial score (nSPS) is 15.1. The molecular formula is C27H32N6O5S. The van der Waals surface area contributed by atoms with E-state index in [4.69, 9.17) is 14.6 Å². The quantitative estimate of drug-likeness (QED) is 0.371. The maximum Gasteiger partial charge on any atom is 0.245 e. The first-order valence-electron chi connectivity index (χ1n) is 12.5. The molecule has 0 radical (unpaired) electrons. The lowest BCUT2D eigenvalue weighted by Gasteiger charge is -2.34. The zero-order chi connectivity index (χ0) is 27.9. The number of carbonyl (C=O) groups excluding carboxylic acids is 1. The lowest BCUT2D eigenvalue weighted by Crippen LogP contribution is -2.48. The molecule has 2 aromatic heterocycles. The van der Waals surface area contributed by atoms with Crippen LogP contribution in [0.5, 0.6) is 11.8 Å². The highest BCUT2D eigenvalue weighted by Gasteiger charge is 2.31. The van der Waals surface area contributed by atoms with Gasteiger partial charge in [0, 0.05) is 55.6 Å². The van der Waals surface area contributed by atoms with Crippen LogP contribution >= 0.6 is 0 Å². The Labute approximate surface area is 227 Å². The molecule has 1 aliphatic heterocycles. The largest absolute Gasteiger partial charge is 0.481 e. The Bertz CT molecular complexity index is 1660. The Morgan fingerprint density at radius 1 is 0.949 bits per heavy atom. The maximum atomic E-state index is 14.1. The third kappa shape index (κ3) is 5.03. The lowest BCUT2D eigenvalue weighted by atomic mass is 10.1. The standard InChI is InChI=1S/C27H32N6O5S/c1-30-11-13-32(14-12-30)17-26(34)33(21-9-10-25(37-3)29-27(21)38-4)23-16-22-19(15-24(23)39(28,35)36)18-7-5-6-8-20(18)31(22)2/h5-10,15-16H,11-14,17H2,1-4H3,(H2,28,35,36). The molecule has 0 unspecified atom stereocenters. The van der Waals surface area contributed by atoms with Crippen molar-refractivity contribution >= 4 is 49.1 Å². The van der Waals surface area contributed by atoms with Crippen LogP contribution < -0.4 is 19.5 Å². The minimum Gasteiger partial charge on any atom is -0.481 e. The van der Waals surface area contributed by atoms with Crippen LogP contribution in [0.3, 0.4) is 0 Å². The van der Waals surface area contributed by atoms with E-state index in [-0.39, 0.29) is 40.5 Å². The fourth-order valence-electron chi connectivity index (χ4n) is 5.09. The maximum absolute atomic E-state index is 14.1. The van der Waals surface area contributed by atoms with E-state index >= 15 is 0 Å². The van der Waals surface area contributed by atoms with E-state index in [0.717, 1.165) is 29.5 Å². The summed E-state index contributed by atoms with van der Waals surface area (Å²) in [7, 11) is 2.59. The first-order chi connectivity index (χ1) is 18.6. The van der Waals surface area contributed by atoms with Crippen LogP contribution in [0.4, 0.5) is 11.4 Å². The number of benzene rings is 2. The Kier molecular flexibility index (Phi) is 7.21. The Hall–Kier alpha value is -3.71. The second-order valence-electron chi connectivity index (χ2n) is 9.65. The first kappa shape index (κ1) is 26.9. The van der Waals surface area contributed by atoms with Crippen LogP contribution in [-0.2, 0) is 21.9 Å². The van der Waals surface area contributed by atoms with Crippen LogP contribution in [-0.4, -0.2) is 87.7 Å². The molecule has 0 spiro atoms. The number of para-hydroxylation sites is 1. The van der Waals surface area contributed by atoms with Gasteiger partial charge in [-0.15, -0.1) is 0 Å². The zero-order valence-corrected chi connectivity index (χ0v) is 23.2. The van der Waals surface area contributed by atoms with Crippen LogP contribution in [0, 0.1) is 0 Å². The van der Waals surface area contributed by atoms with Crippen molar-refractivity contribution in [2.45, 2.75) is 4.90 Å². The van der Waals surface area contributed by atoms with Gasteiger partial charge in [-0.3, -0.25) is 14.6 Å². The van der Waals surface area contributed by atoms with Crippen molar-refractivity contribution < 1.29 is 22.7 Å². The molecular weight excluding hydrogens is 520 g/mol. The van der Waals surface area contributed by atoms with Crippen LogP contribution in [0.1, 0.15) is 0 Å². The summed E-state index contributed by atoms with van der Waals surface area (Å²) in [6.07, 6.45) is 0. The molecule has 1 aliphatic rings. The van der Waals surface area contributed by atoms with Crippen molar-refractivity contribution in [2.24, 2.45) is 12.2 Å². The number of rotatable bonds is 7. The highest BCUT2D eigenvalue weighted by Crippen LogP contribution is 2.41. The summed E-state index contributed by atoms with van der Waals surface area (Å²) in [5.41, 5.74) is 2.07. The van der Waals surface area contributed by atoms with Gasteiger partial charge in [-0.2, -0.15) is 4.98 Å². The predicted octanol–water partition coefficient (Wildman–Crippen LogP) is 2.30. The van der Waals surface area contributed by atoms with Crippen molar-refractivity contribution in [3.8, 4) is 11.8 Å². The number of amides is 1. The van der Waals surface area contributed by atoms with E-state index in [1.165, 1.54) is 19.1 Å². The average molecular weight is 553 g/mol. The predicted molar refractivity (Wildman–Crippen MR) is 150 cm³/mol. The van der Waals surface area contributed by atoms with Gasteiger partial charge in [0.15, 0.2) is 0 Å². The Morgan fingerprint density at radius 3 is 2.33 bits per heavy atom. The van der Waals surface area contributed by atoms with Gasteiger partial charge in [0.2, 0.25) is 27.7 Å². The average Bonchev–Trinajstić information content (AvgIpc) is 3.20. The molecule has 0 atom stereocenters. The number of aromatic nitrogens is 2. The molecule has 2 aromatic carbocycles. The number of primary sulfonamides is 1. The van der Waals surface area contributed by atoms with Crippen molar-refractivity contribution in [2.75, 3.05) is 58.9 Å². The van der Waals surface area contributed by atoms with E-state index in [1.54, 1.807) is 24.3 Å². The van der Waals surface area contributed by atoms with Crippen LogP contribution in [0.15, 0.2) is 53.4 Å². The topological polar surface area (TPSA) is 123 Å².